The second-order valence-electron chi connectivity index (χ2n) is 7.12. The number of carbonyl (C=O) groups excluding carboxylic acids is 2. The Hall–Kier alpha value is -2.04. The first-order valence-electron chi connectivity index (χ1n) is 9.40. The summed E-state index contributed by atoms with van der Waals surface area (Å²) in [5.74, 6) is 0.634. The quantitative estimate of drug-likeness (QED) is 0.753. The van der Waals surface area contributed by atoms with Crippen LogP contribution in [0.3, 0.4) is 0 Å². The van der Waals surface area contributed by atoms with Gasteiger partial charge in [0, 0.05) is 38.4 Å². The average molecular weight is 345 g/mol. The van der Waals surface area contributed by atoms with E-state index in [1.54, 1.807) is 6.07 Å². The molecule has 1 aliphatic rings. The van der Waals surface area contributed by atoms with E-state index in [0.717, 1.165) is 18.5 Å². The van der Waals surface area contributed by atoms with E-state index in [9.17, 15) is 9.59 Å². The molecule has 0 heterocycles. The second-order valence-corrected chi connectivity index (χ2v) is 7.12. The second kappa shape index (κ2) is 9.44. The number of anilines is 2. The average Bonchev–Trinajstić information content (AvgIpc) is 3.11. The Bertz CT molecular complexity index is 593. The summed E-state index contributed by atoms with van der Waals surface area (Å²) < 4.78 is 0. The highest BCUT2D eigenvalue weighted by Gasteiger charge is 2.17. The van der Waals surface area contributed by atoms with Crippen LogP contribution in [0.4, 0.5) is 11.4 Å². The largest absolute Gasteiger partial charge is 0.377 e. The van der Waals surface area contributed by atoms with E-state index in [0.29, 0.717) is 30.1 Å². The Morgan fingerprint density at radius 3 is 2.56 bits per heavy atom. The minimum Gasteiger partial charge on any atom is -0.377 e. The zero-order chi connectivity index (χ0) is 18.2. The highest BCUT2D eigenvalue weighted by Crippen LogP contribution is 2.29. The van der Waals surface area contributed by atoms with Gasteiger partial charge in [-0.05, 0) is 37.0 Å². The molecule has 138 valence electrons. The predicted molar refractivity (Wildman–Crippen MR) is 103 cm³/mol. The van der Waals surface area contributed by atoms with Gasteiger partial charge in [-0.1, -0.05) is 32.6 Å². The molecule has 1 saturated carbocycles. The standard InChI is InChI=1S/C20H31N3O2/c1-4-13-21-20(25)17-14-16(10-11-18(17)23(2)3)22-19(24)12-9-15-7-5-6-8-15/h10-11,14-15H,4-9,12-13H2,1-3H3,(H,21,25)(H,22,24). The lowest BCUT2D eigenvalue weighted by Gasteiger charge is -2.18. The normalized spacial score (nSPS) is 14.4. The maximum Gasteiger partial charge on any atom is 0.253 e. The van der Waals surface area contributed by atoms with Crippen molar-refractivity contribution in [1.29, 1.82) is 0 Å². The zero-order valence-electron chi connectivity index (χ0n) is 15.7. The molecular weight excluding hydrogens is 314 g/mol. The van der Waals surface area contributed by atoms with Gasteiger partial charge in [0.1, 0.15) is 0 Å². The Morgan fingerprint density at radius 2 is 1.92 bits per heavy atom. The van der Waals surface area contributed by atoms with Crippen LogP contribution in [0, 0.1) is 5.92 Å². The van der Waals surface area contributed by atoms with Gasteiger partial charge < -0.3 is 15.5 Å². The minimum absolute atomic E-state index is 0.0319. The molecule has 5 nitrogen and oxygen atoms in total. The molecule has 1 fully saturated rings. The van der Waals surface area contributed by atoms with Gasteiger partial charge >= 0.3 is 0 Å². The Morgan fingerprint density at radius 1 is 1.20 bits per heavy atom. The Labute approximate surface area is 151 Å². The molecule has 0 aromatic heterocycles. The van der Waals surface area contributed by atoms with Crippen LogP contribution >= 0.6 is 0 Å². The first-order valence-corrected chi connectivity index (χ1v) is 9.40. The van der Waals surface area contributed by atoms with Crippen LogP contribution in [0.5, 0.6) is 0 Å². The van der Waals surface area contributed by atoms with Crippen LogP contribution in [0.2, 0.25) is 0 Å². The van der Waals surface area contributed by atoms with Gasteiger partial charge in [-0.15, -0.1) is 0 Å². The van der Waals surface area contributed by atoms with Crippen molar-refractivity contribution < 1.29 is 9.59 Å². The lowest BCUT2D eigenvalue weighted by molar-refractivity contribution is -0.116. The lowest BCUT2D eigenvalue weighted by Crippen LogP contribution is -2.26. The number of rotatable bonds is 8. The molecule has 0 saturated heterocycles. The molecule has 0 spiro atoms. The molecule has 0 atom stereocenters. The van der Waals surface area contributed by atoms with Crippen molar-refractivity contribution in [3.63, 3.8) is 0 Å². The van der Waals surface area contributed by atoms with Gasteiger partial charge in [0.05, 0.1) is 5.56 Å². The number of carbonyl (C=O) groups is 2. The summed E-state index contributed by atoms with van der Waals surface area (Å²) in [5.41, 5.74) is 2.12. The van der Waals surface area contributed by atoms with Gasteiger partial charge in [0.15, 0.2) is 0 Å². The number of benzene rings is 1. The third-order valence-corrected chi connectivity index (χ3v) is 4.80. The molecule has 1 aromatic carbocycles. The number of hydrogen-bond donors (Lipinski definition) is 2. The summed E-state index contributed by atoms with van der Waals surface area (Å²) in [6.07, 6.45) is 7.52. The molecule has 25 heavy (non-hydrogen) atoms. The maximum absolute atomic E-state index is 12.4. The zero-order valence-corrected chi connectivity index (χ0v) is 15.7. The Balaban J connectivity index is 2.02. The molecule has 0 aliphatic heterocycles. The van der Waals surface area contributed by atoms with E-state index in [2.05, 4.69) is 10.6 Å². The SMILES string of the molecule is CCCNC(=O)c1cc(NC(=O)CCC2CCCC2)ccc1N(C)C. The van der Waals surface area contributed by atoms with E-state index in [1.165, 1.54) is 25.7 Å². The van der Waals surface area contributed by atoms with Crippen LogP contribution in [-0.4, -0.2) is 32.5 Å². The number of hydrogen-bond acceptors (Lipinski definition) is 3. The first-order chi connectivity index (χ1) is 12.0. The van der Waals surface area contributed by atoms with E-state index >= 15 is 0 Å². The molecule has 0 unspecified atom stereocenters. The molecule has 1 aromatic rings. The van der Waals surface area contributed by atoms with E-state index in [1.807, 2.05) is 38.1 Å². The molecular formula is C20H31N3O2. The van der Waals surface area contributed by atoms with Crippen molar-refractivity contribution in [1.82, 2.24) is 5.32 Å². The fraction of sp³-hybridized carbons (Fsp3) is 0.600. The summed E-state index contributed by atoms with van der Waals surface area (Å²) in [6, 6.07) is 5.51. The maximum atomic E-state index is 12.4. The van der Waals surface area contributed by atoms with Gasteiger partial charge in [0.25, 0.3) is 5.91 Å². The summed E-state index contributed by atoms with van der Waals surface area (Å²) in [6.45, 7) is 2.66. The molecule has 2 rings (SSSR count). The van der Waals surface area contributed by atoms with Crippen molar-refractivity contribution >= 4 is 23.2 Å². The lowest BCUT2D eigenvalue weighted by atomic mass is 10.0. The van der Waals surface area contributed by atoms with Crippen molar-refractivity contribution in [3.8, 4) is 0 Å². The Kier molecular flexibility index (Phi) is 7.29. The van der Waals surface area contributed by atoms with Crippen molar-refractivity contribution in [2.24, 2.45) is 5.92 Å². The predicted octanol–water partition coefficient (Wildman–Crippen LogP) is 3.80. The summed E-state index contributed by atoms with van der Waals surface area (Å²) in [4.78, 5) is 26.5. The third-order valence-electron chi connectivity index (χ3n) is 4.80. The fourth-order valence-corrected chi connectivity index (χ4v) is 3.38. The summed E-state index contributed by atoms with van der Waals surface area (Å²) >= 11 is 0. The molecule has 0 radical (unpaired) electrons. The smallest absolute Gasteiger partial charge is 0.253 e. The highest BCUT2D eigenvalue weighted by atomic mass is 16.2. The van der Waals surface area contributed by atoms with E-state index in [4.69, 9.17) is 0 Å². The van der Waals surface area contributed by atoms with Crippen LogP contribution in [0.1, 0.15) is 62.2 Å². The van der Waals surface area contributed by atoms with Crippen LogP contribution in [-0.2, 0) is 4.79 Å². The minimum atomic E-state index is -0.104. The number of nitrogens with one attached hydrogen (secondary N) is 2. The molecule has 2 amide bonds. The van der Waals surface area contributed by atoms with Crippen molar-refractivity contribution in [3.05, 3.63) is 23.8 Å². The molecule has 2 N–H and O–H groups in total. The molecule has 5 heteroatoms. The third kappa shape index (κ3) is 5.76. The first kappa shape index (κ1) is 19.3. The molecule has 0 bridgehead atoms. The molecule has 1 aliphatic carbocycles. The highest BCUT2D eigenvalue weighted by molar-refractivity contribution is 6.02. The van der Waals surface area contributed by atoms with Crippen molar-refractivity contribution in [2.75, 3.05) is 30.9 Å². The van der Waals surface area contributed by atoms with Gasteiger partial charge in [-0.25, -0.2) is 0 Å². The summed E-state index contributed by atoms with van der Waals surface area (Å²) in [5, 5.41) is 5.85. The van der Waals surface area contributed by atoms with Gasteiger partial charge in [-0.2, -0.15) is 0 Å². The van der Waals surface area contributed by atoms with Crippen LogP contribution < -0.4 is 15.5 Å². The van der Waals surface area contributed by atoms with Gasteiger partial charge in [0.2, 0.25) is 5.91 Å². The summed E-state index contributed by atoms with van der Waals surface area (Å²) in [7, 11) is 3.82. The van der Waals surface area contributed by atoms with Crippen LogP contribution in [0.25, 0.3) is 0 Å². The topological polar surface area (TPSA) is 61.4 Å². The van der Waals surface area contributed by atoms with Crippen LogP contribution in [0.15, 0.2) is 18.2 Å². The van der Waals surface area contributed by atoms with Crippen molar-refractivity contribution in [2.45, 2.75) is 51.9 Å². The monoisotopic (exact) mass is 345 g/mol. The van der Waals surface area contributed by atoms with E-state index < -0.39 is 0 Å². The van der Waals surface area contributed by atoms with Gasteiger partial charge in [-0.3, -0.25) is 9.59 Å². The fourth-order valence-electron chi connectivity index (χ4n) is 3.38. The number of nitrogens with zero attached hydrogens (tertiary/aromatic N) is 1. The number of amides is 2. The van der Waals surface area contributed by atoms with E-state index in [-0.39, 0.29) is 11.8 Å².